The number of hydrogen-bond acceptors (Lipinski definition) is 16. The van der Waals surface area contributed by atoms with Gasteiger partial charge in [-0.1, -0.05) is 64.9 Å². The number of phenols is 2. The first-order valence-electron chi connectivity index (χ1n) is 22.5. The van der Waals surface area contributed by atoms with Gasteiger partial charge in [-0.3, -0.25) is 19.6 Å². The second-order valence-electron chi connectivity index (χ2n) is 18.7. The normalized spacial score (nSPS) is 31.6. The number of aromatic hydroxyl groups is 2. The van der Waals surface area contributed by atoms with E-state index in [0.29, 0.717) is 31.8 Å². The molecule has 66 heavy (non-hydrogen) atoms. The number of amides is 1. The molecule has 4 aliphatic rings. The minimum atomic E-state index is -1.89. The van der Waals surface area contributed by atoms with E-state index in [2.05, 4.69) is 29.2 Å². The minimum absolute atomic E-state index is 0.0730. The summed E-state index contributed by atoms with van der Waals surface area (Å²) in [7, 11) is 1.45. The van der Waals surface area contributed by atoms with Gasteiger partial charge in [0.05, 0.1) is 40.9 Å². The van der Waals surface area contributed by atoms with Crippen molar-refractivity contribution >= 4 is 40.0 Å². The molecule has 1 saturated heterocycles. The van der Waals surface area contributed by atoms with Crippen molar-refractivity contribution in [2.45, 2.75) is 118 Å². The lowest BCUT2D eigenvalue weighted by molar-refractivity contribution is -0.160. The van der Waals surface area contributed by atoms with Gasteiger partial charge in [-0.25, -0.2) is 4.79 Å². The number of nitrogens with one attached hydrogen (secondary N) is 1. The summed E-state index contributed by atoms with van der Waals surface area (Å²) in [6, 6.07) is 0. The van der Waals surface area contributed by atoms with E-state index < -0.39 is 95.5 Å². The molecule has 6 rings (SSSR count). The van der Waals surface area contributed by atoms with Gasteiger partial charge in [0.2, 0.25) is 6.61 Å². The number of piperidine rings is 1. The molecule has 9 atom stereocenters. The van der Waals surface area contributed by atoms with Crippen LogP contribution in [0.3, 0.4) is 0 Å². The van der Waals surface area contributed by atoms with E-state index in [1.807, 2.05) is 0 Å². The lowest BCUT2D eigenvalue weighted by Crippen LogP contribution is -2.46. The smallest absolute Gasteiger partial charge is 0.344 e. The number of carboxylic acids is 1. The van der Waals surface area contributed by atoms with Crippen LogP contribution in [0.4, 0.5) is 5.69 Å². The van der Waals surface area contributed by atoms with E-state index in [1.54, 1.807) is 65.8 Å². The van der Waals surface area contributed by atoms with Crippen molar-refractivity contribution in [1.82, 2.24) is 4.90 Å². The Morgan fingerprint density at radius 2 is 1.65 bits per heavy atom. The third-order valence-electron chi connectivity index (χ3n) is 13.3. The lowest BCUT2D eigenvalue weighted by atomic mass is 9.78. The molecular weight excluding hydrogens is 855 g/mol. The Hall–Kier alpha value is -5.56. The summed E-state index contributed by atoms with van der Waals surface area (Å²) in [5.74, 6) is -7.28. The summed E-state index contributed by atoms with van der Waals surface area (Å²) in [4.78, 5) is 56.4. The van der Waals surface area contributed by atoms with E-state index in [-0.39, 0.29) is 55.3 Å². The van der Waals surface area contributed by atoms with Crippen LogP contribution in [0.25, 0.3) is 10.8 Å². The number of allylic oxidation sites excluding steroid dienone is 2. The number of nitrogens with zero attached hydrogens (tertiary/aromatic N) is 4. The van der Waals surface area contributed by atoms with Gasteiger partial charge in [0.1, 0.15) is 28.6 Å². The van der Waals surface area contributed by atoms with Crippen LogP contribution in [0.2, 0.25) is 0 Å². The maximum atomic E-state index is 14.0. The van der Waals surface area contributed by atoms with Gasteiger partial charge in [-0.15, -0.1) is 0 Å². The Kier molecular flexibility index (Phi) is 14.9. The van der Waals surface area contributed by atoms with Crippen molar-refractivity contribution in [2.24, 2.45) is 44.7 Å². The van der Waals surface area contributed by atoms with Crippen LogP contribution in [-0.4, -0.2) is 123 Å². The number of benzene rings is 2. The summed E-state index contributed by atoms with van der Waals surface area (Å²) < 4.78 is 24.6. The van der Waals surface area contributed by atoms with Gasteiger partial charge in [0, 0.05) is 93.6 Å². The molecule has 2 aromatic carbocycles. The van der Waals surface area contributed by atoms with E-state index in [4.69, 9.17) is 33.8 Å². The fourth-order valence-corrected chi connectivity index (χ4v) is 9.49. The molecule has 1 fully saturated rings. The Balaban J connectivity index is 1.61. The Morgan fingerprint density at radius 1 is 0.985 bits per heavy atom. The topological polar surface area (TPSA) is 251 Å². The molecule has 1 spiro atoms. The van der Waals surface area contributed by atoms with Crippen molar-refractivity contribution in [3.05, 3.63) is 58.0 Å². The lowest BCUT2D eigenvalue weighted by Gasteiger charge is -2.38. The highest BCUT2D eigenvalue weighted by atomic mass is 16.7. The molecule has 4 heterocycles. The summed E-state index contributed by atoms with van der Waals surface area (Å²) in [5, 5.41) is 64.6. The Morgan fingerprint density at radius 3 is 2.27 bits per heavy atom. The number of aliphatic hydroxyl groups excluding tert-OH is 2. The van der Waals surface area contributed by atoms with Crippen molar-refractivity contribution in [1.29, 1.82) is 0 Å². The zero-order chi connectivity index (χ0) is 48.6. The number of oxime groups is 1. The first-order valence-corrected chi connectivity index (χ1v) is 22.5. The van der Waals surface area contributed by atoms with E-state index in [0.717, 1.165) is 6.54 Å². The summed E-state index contributed by atoms with van der Waals surface area (Å²) in [6.07, 6.45) is 4.82. The summed E-state index contributed by atoms with van der Waals surface area (Å²) in [5.41, 5.74) is -0.608. The maximum absolute atomic E-state index is 14.0. The number of anilines is 1. The number of ether oxygens (including phenoxy) is 4. The number of methoxy groups -OCH3 is 1. The van der Waals surface area contributed by atoms with Crippen LogP contribution in [0.1, 0.15) is 86.3 Å². The fourth-order valence-electron chi connectivity index (χ4n) is 9.49. The highest BCUT2D eigenvalue weighted by Crippen LogP contribution is 2.50. The number of carbonyl (C=O) groups excluding carboxylic acids is 2. The van der Waals surface area contributed by atoms with E-state index in [1.165, 1.54) is 27.2 Å². The van der Waals surface area contributed by atoms with Crippen LogP contribution >= 0.6 is 0 Å². The molecule has 0 unspecified atom stereocenters. The SMILES string of the molecule is CO[C@H]1/C=C/O[C@@]2(C)Oc3c(C)c(O)c4c(O)c(c5c(c4c3/C2=N\OCC(=O)O)=NC2(CCN(CC(C)C)CC2)N=5)NC(=O)/C(C)=C\C=C\[C@H](C)[C@H](O)[C@@H](C)[C@@H](O)[C@@H](C)[C@H](OC(C)=O)[C@@H]1C. The molecule has 0 aliphatic carbocycles. The predicted octanol–water partition coefficient (Wildman–Crippen LogP) is 4.37. The number of esters is 1. The molecule has 18 heteroatoms. The molecule has 0 aromatic heterocycles. The number of carbonyl (C=O) groups is 3. The number of rotatable bonds is 7. The number of hydrogen-bond donors (Lipinski definition) is 6. The van der Waals surface area contributed by atoms with Crippen LogP contribution in [0.15, 0.2) is 51.3 Å². The highest BCUT2D eigenvalue weighted by Gasteiger charge is 2.49. The molecule has 1 amide bonds. The Labute approximate surface area is 384 Å². The summed E-state index contributed by atoms with van der Waals surface area (Å²) >= 11 is 0. The molecule has 4 aliphatic heterocycles. The number of aliphatic hydroxyl groups is 2. The zero-order valence-corrected chi connectivity index (χ0v) is 39.6. The fraction of sp³-hybridized carbons (Fsp3) is 0.583. The van der Waals surface area contributed by atoms with Crippen molar-refractivity contribution in [3.8, 4) is 17.2 Å². The van der Waals surface area contributed by atoms with Crippen molar-refractivity contribution in [2.75, 3.05) is 38.7 Å². The maximum Gasteiger partial charge on any atom is 0.344 e. The molecule has 360 valence electrons. The molecule has 18 nitrogen and oxygen atoms in total. The van der Waals surface area contributed by atoms with Crippen LogP contribution in [0.5, 0.6) is 17.2 Å². The van der Waals surface area contributed by atoms with Gasteiger partial charge < -0.3 is 59.5 Å². The Bertz CT molecular complexity index is 2480. The van der Waals surface area contributed by atoms with Gasteiger partial charge in [-0.05, 0) is 25.8 Å². The first kappa shape index (κ1) is 49.9. The van der Waals surface area contributed by atoms with Crippen molar-refractivity contribution in [3.63, 3.8) is 0 Å². The number of aliphatic carboxylic acids is 1. The monoisotopic (exact) mass is 919 g/mol. The largest absolute Gasteiger partial charge is 0.507 e. The van der Waals surface area contributed by atoms with Crippen LogP contribution in [0, 0.1) is 36.5 Å². The van der Waals surface area contributed by atoms with Gasteiger partial charge in [0.25, 0.3) is 11.7 Å². The first-order chi connectivity index (χ1) is 31.0. The van der Waals surface area contributed by atoms with Crippen LogP contribution < -0.4 is 20.8 Å². The predicted molar refractivity (Wildman–Crippen MR) is 243 cm³/mol. The zero-order valence-electron chi connectivity index (χ0n) is 39.6. The highest BCUT2D eigenvalue weighted by molar-refractivity contribution is 6.21. The molecule has 0 radical (unpaired) electrons. The van der Waals surface area contributed by atoms with Gasteiger partial charge in [-0.2, -0.15) is 0 Å². The average molecular weight is 920 g/mol. The van der Waals surface area contributed by atoms with Crippen molar-refractivity contribution < 1.29 is 63.7 Å². The number of likely N-dealkylation sites (tertiary alicyclic amines) is 1. The molecule has 2 aromatic rings. The molecule has 4 bridgehead atoms. The van der Waals surface area contributed by atoms with E-state index >= 15 is 0 Å². The third kappa shape index (κ3) is 9.78. The molecule has 0 saturated carbocycles. The van der Waals surface area contributed by atoms with E-state index in [9.17, 15) is 39.9 Å². The quantitative estimate of drug-likeness (QED) is 0.128. The third-order valence-corrected chi connectivity index (χ3v) is 13.3. The second kappa shape index (κ2) is 19.7. The molecule has 6 N–H and O–H groups in total. The standard InChI is InChI=1S/C48H65N5O13/c1-23(2)21-53-18-16-48(17-19-53)50-36-33-34-41(59)29(8)44-35(33)45(52-64-22-32(55)56)47(10,66-44)63-20-15-31(62-11)26(5)43(65-30(9)54)28(7)40(58)27(6)39(57)24(3)13-12-14-25(4)46(61)49-38(42(34)60)37(36)51-48/h12-15,20,23-24,26-28,31,39-40,43,57-60H,16-19,21-22H2,1-11H3,(H,49,61)(H,55,56)/b13-12+,20-15+,25-14-,52-45+/t24-,26+,27+,28+,31-,39-,40+,43+,47-/m0/s1. The minimum Gasteiger partial charge on any atom is -0.507 e. The van der Waals surface area contributed by atoms with Crippen LogP contribution in [-0.2, 0) is 33.4 Å². The second-order valence-corrected chi connectivity index (χ2v) is 18.7. The average Bonchev–Trinajstić information content (AvgIpc) is 3.77. The summed E-state index contributed by atoms with van der Waals surface area (Å²) in [6.45, 7) is 18.6. The number of phenolic OH excluding ortho intramolecular Hbond substituents is 2. The van der Waals surface area contributed by atoms with Gasteiger partial charge in [0.15, 0.2) is 17.1 Å². The molecular formula is C48H65N5O13. The van der Waals surface area contributed by atoms with Gasteiger partial charge >= 0.3 is 11.9 Å². The number of carboxylic acid groups (broad SMARTS) is 1. The number of fused-ring (bicyclic) bond motifs is 1.